The summed E-state index contributed by atoms with van der Waals surface area (Å²) >= 11 is 0. The Kier molecular flexibility index (Phi) is 3.47. The van der Waals surface area contributed by atoms with Crippen LogP contribution in [0.2, 0.25) is 0 Å². The number of hydrogen-bond acceptors (Lipinski definition) is 2. The highest BCUT2D eigenvalue weighted by Gasteiger charge is 2.28. The second kappa shape index (κ2) is 5.27. The van der Waals surface area contributed by atoms with Crippen molar-refractivity contribution < 1.29 is 4.79 Å². The Labute approximate surface area is 119 Å². The second-order valence-electron chi connectivity index (χ2n) is 5.94. The van der Waals surface area contributed by atoms with Crippen molar-refractivity contribution in [1.29, 1.82) is 0 Å². The molecule has 0 unspecified atom stereocenters. The maximum atomic E-state index is 11.6. The number of carbonyl (C=O) groups is 1. The summed E-state index contributed by atoms with van der Waals surface area (Å²) in [6.07, 6.45) is 2.98. The van der Waals surface area contributed by atoms with Crippen molar-refractivity contribution in [3.8, 4) is 0 Å². The third-order valence-electron chi connectivity index (χ3n) is 3.77. The van der Waals surface area contributed by atoms with Gasteiger partial charge in [0.25, 0.3) is 0 Å². The molecule has 1 aromatic heterocycles. The van der Waals surface area contributed by atoms with E-state index in [4.69, 9.17) is 0 Å². The van der Waals surface area contributed by atoms with Crippen molar-refractivity contribution in [2.24, 2.45) is 5.92 Å². The lowest BCUT2D eigenvalue weighted by Gasteiger charge is -2.04. The van der Waals surface area contributed by atoms with Gasteiger partial charge in [0, 0.05) is 18.4 Å². The minimum Gasteiger partial charge on any atom is -0.356 e. The van der Waals surface area contributed by atoms with Gasteiger partial charge in [-0.15, -0.1) is 0 Å². The number of carbonyl (C=O) groups excluding carboxylic acids is 1. The van der Waals surface area contributed by atoms with Crippen LogP contribution in [0.5, 0.6) is 0 Å². The molecule has 2 N–H and O–H groups in total. The van der Waals surface area contributed by atoms with Gasteiger partial charge in [0.15, 0.2) is 0 Å². The molecular formula is C16H21N3O. The van der Waals surface area contributed by atoms with Gasteiger partial charge in [-0.05, 0) is 37.0 Å². The molecule has 4 nitrogen and oxygen atoms in total. The molecule has 0 atom stereocenters. The zero-order valence-electron chi connectivity index (χ0n) is 12.1. The lowest BCUT2D eigenvalue weighted by Crippen LogP contribution is -2.26. The predicted molar refractivity (Wildman–Crippen MR) is 79.6 cm³/mol. The smallest absolute Gasteiger partial charge is 0.223 e. The van der Waals surface area contributed by atoms with E-state index in [2.05, 4.69) is 47.3 Å². The first-order valence-corrected chi connectivity index (χ1v) is 7.40. The number of nitrogens with one attached hydrogen (secondary N) is 2. The standard InChI is InChI=1S/C16H21N3O/c1-10(2)15-18-13-6-3-11(9-14(13)19-15)7-8-17-16(20)12-4-5-12/h3,6,9-10,12H,4-5,7-8H2,1-2H3,(H,17,20)(H,18,19). The number of amides is 1. The highest BCUT2D eigenvalue weighted by Crippen LogP contribution is 2.28. The second-order valence-corrected chi connectivity index (χ2v) is 5.94. The predicted octanol–water partition coefficient (Wildman–Crippen LogP) is 2.76. The van der Waals surface area contributed by atoms with Gasteiger partial charge in [-0.3, -0.25) is 4.79 Å². The van der Waals surface area contributed by atoms with E-state index in [9.17, 15) is 4.79 Å². The van der Waals surface area contributed by atoms with Crippen LogP contribution in [0, 0.1) is 5.92 Å². The fourth-order valence-electron chi connectivity index (χ4n) is 2.33. The lowest BCUT2D eigenvalue weighted by atomic mass is 10.1. The molecule has 1 saturated carbocycles. The monoisotopic (exact) mass is 271 g/mol. The summed E-state index contributed by atoms with van der Waals surface area (Å²) in [5.41, 5.74) is 3.33. The molecule has 3 rings (SSSR count). The van der Waals surface area contributed by atoms with Crippen LogP contribution in [0.25, 0.3) is 11.0 Å². The van der Waals surface area contributed by atoms with Crippen LogP contribution >= 0.6 is 0 Å². The van der Waals surface area contributed by atoms with Gasteiger partial charge in [0.2, 0.25) is 5.91 Å². The molecule has 0 saturated heterocycles. The normalized spacial score (nSPS) is 14.9. The molecule has 0 radical (unpaired) electrons. The molecule has 1 aliphatic carbocycles. The van der Waals surface area contributed by atoms with E-state index in [1.165, 1.54) is 5.56 Å². The van der Waals surface area contributed by atoms with Gasteiger partial charge in [0.05, 0.1) is 11.0 Å². The first kappa shape index (κ1) is 13.2. The van der Waals surface area contributed by atoms with E-state index >= 15 is 0 Å². The topological polar surface area (TPSA) is 57.8 Å². The fourth-order valence-corrected chi connectivity index (χ4v) is 2.33. The molecule has 1 aromatic carbocycles. The minimum absolute atomic E-state index is 0.217. The quantitative estimate of drug-likeness (QED) is 0.878. The average Bonchev–Trinajstić information content (AvgIpc) is 3.18. The van der Waals surface area contributed by atoms with Gasteiger partial charge in [-0.2, -0.15) is 0 Å². The summed E-state index contributed by atoms with van der Waals surface area (Å²) in [4.78, 5) is 19.5. The van der Waals surface area contributed by atoms with E-state index in [0.29, 0.717) is 18.4 Å². The zero-order chi connectivity index (χ0) is 14.1. The number of hydrogen-bond donors (Lipinski definition) is 2. The number of rotatable bonds is 5. The van der Waals surface area contributed by atoms with E-state index in [0.717, 1.165) is 36.1 Å². The number of benzene rings is 1. The van der Waals surface area contributed by atoms with Gasteiger partial charge in [0.1, 0.15) is 5.82 Å². The van der Waals surface area contributed by atoms with E-state index in [1.807, 2.05) is 0 Å². The minimum atomic E-state index is 0.217. The molecule has 0 spiro atoms. The SMILES string of the molecule is CC(C)c1nc2ccc(CCNC(=O)C3CC3)cc2[nH]1. The van der Waals surface area contributed by atoms with Crippen LogP contribution in [0.1, 0.15) is 44.0 Å². The van der Waals surface area contributed by atoms with Crippen molar-refractivity contribution in [1.82, 2.24) is 15.3 Å². The van der Waals surface area contributed by atoms with Crippen molar-refractivity contribution in [3.63, 3.8) is 0 Å². The molecule has 1 aliphatic rings. The maximum absolute atomic E-state index is 11.6. The summed E-state index contributed by atoms with van der Waals surface area (Å²) in [7, 11) is 0. The third-order valence-corrected chi connectivity index (χ3v) is 3.77. The summed E-state index contributed by atoms with van der Waals surface area (Å²) < 4.78 is 0. The Morgan fingerprint density at radius 3 is 2.95 bits per heavy atom. The molecule has 4 heteroatoms. The molecular weight excluding hydrogens is 250 g/mol. The molecule has 1 fully saturated rings. The van der Waals surface area contributed by atoms with Crippen molar-refractivity contribution in [2.75, 3.05) is 6.54 Å². The molecule has 0 bridgehead atoms. The largest absolute Gasteiger partial charge is 0.356 e. The number of fused-ring (bicyclic) bond motifs is 1. The van der Waals surface area contributed by atoms with Crippen LogP contribution in [-0.2, 0) is 11.2 Å². The number of aromatic nitrogens is 2. The lowest BCUT2D eigenvalue weighted by molar-refractivity contribution is -0.122. The number of nitrogens with zero attached hydrogens (tertiary/aromatic N) is 1. The van der Waals surface area contributed by atoms with Crippen LogP contribution in [0.15, 0.2) is 18.2 Å². The summed E-state index contributed by atoms with van der Waals surface area (Å²) in [5, 5.41) is 3.00. The first-order chi connectivity index (χ1) is 9.63. The van der Waals surface area contributed by atoms with Crippen LogP contribution in [0.4, 0.5) is 0 Å². The molecule has 2 aromatic rings. The van der Waals surface area contributed by atoms with Gasteiger partial charge in [-0.1, -0.05) is 19.9 Å². The zero-order valence-corrected chi connectivity index (χ0v) is 12.1. The van der Waals surface area contributed by atoms with Crippen LogP contribution < -0.4 is 5.32 Å². The van der Waals surface area contributed by atoms with Crippen molar-refractivity contribution in [2.45, 2.75) is 39.0 Å². The number of aromatic amines is 1. The van der Waals surface area contributed by atoms with Crippen molar-refractivity contribution >= 4 is 16.9 Å². The fraction of sp³-hybridized carbons (Fsp3) is 0.500. The Balaban J connectivity index is 1.64. The summed E-state index contributed by atoms with van der Waals surface area (Å²) in [5.74, 6) is 1.94. The highest BCUT2D eigenvalue weighted by atomic mass is 16.2. The van der Waals surface area contributed by atoms with Crippen LogP contribution in [-0.4, -0.2) is 22.4 Å². The molecule has 1 heterocycles. The van der Waals surface area contributed by atoms with E-state index in [-0.39, 0.29) is 5.91 Å². The first-order valence-electron chi connectivity index (χ1n) is 7.40. The number of H-pyrrole nitrogens is 1. The Morgan fingerprint density at radius 1 is 1.45 bits per heavy atom. The van der Waals surface area contributed by atoms with Gasteiger partial charge >= 0.3 is 0 Å². The molecule has 20 heavy (non-hydrogen) atoms. The van der Waals surface area contributed by atoms with E-state index < -0.39 is 0 Å². The maximum Gasteiger partial charge on any atom is 0.223 e. The summed E-state index contributed by atoms with van der Waals surface area (Å²) in [6, 6.07) is 6.28. The van der Waals surface area contributed by atoms with Crippen molar-refractivity contribution in [3.05, 3.63) is 29.6 Å². The number of imidazole rings is 1. The highest BCUT2D eigenvalue weighted by molar-refractivity contribution is 5.80. The molecule has 0 aliphatic heterocycles. The molecule has 106 valence electrons. The molecule has 1 amide bonds. The Hall–Kier alpha value is -1.84. The summed E-state index contributed by atoms with van der Waals surface area (Å²) in [6.45, 7) is 4.98. The van der Waals surface area contributed by atoms with Gasteiger partial charge < -0.3 is 10.3 Å². The van der Waals surface area contributed by atoms with Crippen LogP contribution in [0.3, 0.4) is 0 Å². The average molecular weight is 271 g/mol. The van der Waals surface area contributed by atoms with Gasteiger partial charge in [-0.25, -0.2) is 4.98 Å². The van der Waals surface area contributed by atoms with E-state index in [1.54, 1.807) is 0 Å². The third kappa shape index (κ3) is 2.84. The Bertz CT molecular complexity index is 626. The Morgan fingerprint density at radius 2 is 2.25 bits per heavy atom.